The number of nitrogens with two attached hydrogens (primary N) is 1. The average Bonchev–Trinajstić information content (AvgIpc) is 2.73. The summed E-state index contributed by atoms with van der Waals surface area (Å²) in [7, 11) is 0. The van der Waals surface area contributed by atoms with Gasteiger partial charge in [0.1, 0.15) is 11.6 Å². The van der Waals surface area contributed by atoms with Crippen LogP contribution in [0.2, 0.25) is 0 Å². The molecule has 2 fully saturated rings. The van der Waals surface area contributed by atoms with E-state index >= 15 is 0 Å². The summed E-state index contributed by atoms with van der Waals surface area (Å²) >= 11 is 0. The minimum absolute atomic E-state index is 0.0892. The lowest BCUT2D eigenvalue weighted by atomic mass is 10.0. The second-order valence-electron chi connectivity index (χ2n) is 5.30. The molecule has 3 rings (SSSR count). The Bertz CT molecular complexity index is 437. The molecule has 1 aromatic carbocycles. The summed E-state index contributed by atoms with van der Waals surface area (Å²) in [6.07, 6.45) is 2.42. The van der Waals surface area contributed by atoms with E-state index in [1.165, 1.54) is 18.2 Å². The topological polar surface area (TPSA) is 38.5 Å². The lowest BCUT2D eigenvalue weighted by molar-refractivity contribution is -0.0529. The van der Waals surface area contributed by atoms with Crippen LogP contribution in [0.1, 0.15) is 24.4 Å². The molecule has 0 radical (unpaired) electrons. The van der Waals surface area contributed by atoms with E-state index in [9.17, 15) is 8.78 Å². The van der Waals surface area contributed by atoms with Crippen molar-refractivity contribution in [2.24, 2.45) is 5.73 Å². The first kappa shape index (κ1) is 13.0. The minimum Gasteiger partial charge on any atom is -0.372 e. The number of nitrogens with zero attached hydrogens (tertiary/aromatic N) is 1. The van der Waals surface area contributed by atoms with Gasteiger partial charge in [-0.05, 0) is 25.0 Å². The summed E-state index contributed by atoms with van der Waals surface area (Å²) in [5.41, 5.74) is 5.86. The Morgan fingerprint density at radius 3 is 2.32 bits per heavy atom. The van der Waals surface area contributed by atoms with Crippen LogP contribution < -0.4 is 5.73 Å². The number of morpholine rings is 1. The largest absolute Gasteiger partial charge is 0.372 e. The van der Waals surface area contributed by atoms with Crippen molar-refractivity contribution in [1.82, 2.24) is 4.90 Å². The van der Waals surface area contributed by atoms with Gasteiger partial charge in [-0.15, -0.1) is 0 Å². The second kappa shape index (κ2) is 5.15. The number of hydrogen-bond acceptors (Lipinski definition) is 3. The summed E-state index contributed by atoms with van der Waals surface area (Å²) in [6.45, 7) is 1.61. The number of benzene rings is 1. The Hall–Kier alpha value is -1.04. The third-order valence-corrected chi connectivity index (χ3v) is 4.07. The first-order chi connectivity index (χ1) is 9.19. The zero-order valence-electron chi connectivity index (χ0n) is 10.7. The first-order valence-electron chi connectivity index (χ1n) is 6.72. The van der Waals surface area contributed by atoms with Crippen LogP contribution in [0.15, 0.2) is 18.2 Å². The van der Waals surface area contributed by atoms with Crippen molar-refractivity contribution in [3.63, 3.8) is 0 Å². The van der Waals surface area contributed by atoms with Crippen molar-refractivity contribution in [2.45, 2.75) is 31.1 Å². The predicted molar refractivity (Wildman–Crippen MR) is 67.6 cm³/mol. The van der Waals surface area contributed by atoms with Crippen molar-refractivity contribution in [1.29, 1.82) is 0 Å². The molecule has 2 saturated heterocycles. The molecule has 2 heterocycles. The van der Waals surface area contributed by atoms with Crippen molar-refractivity contribution < 1.29 is 13.5 Å². The number of rotatable bonds is 3. The number of fused-ring (bicyclic) bond motifs is 2. The molecule has 5 heteroatoms. The molecule has 19 heavy (non-hydrogen) atoms. The zero-order valence-corrected chi connectivity index (χ0v) is 10.7. The van der Waals surface area contributed by atoms with Gasteiger partial charge in [0.2, 0.25) is 0 Å². The van der Waals surface area contributed by atoms with Gasteiger partial charge >= 0.3 is 0 Å². The van der Waals surface area contributed by atoms with E-state index in [-0.39, 0.29) is 24.3 Å². The Morgan fingerprint density at radius 2 is 1.79 bits per heavy atom. The second-order valence-corrected chi connectivity index (χ2v) is 5.30. The van der Waals surface area contributed by atoms with Gasteiger partial charge < -0.3 is 10.5 Å². The molecule has 3 nitrogen and oxygen atoms in total. The van der Waals surface area contributed by atoms with Gasteiger partial charge in [-0.1, -0.05) is 6.07 Å². The third kappa shape index (κ3) is 2.38. The van der Waals surface area contributed by atoms with Crippen LogP contribution in [0, 0.1) is 11.6 Å². The fourth-order valence-electron chi connectivity index (χ4n) is 3.18. The van der Waals surface area contributed by atoms with Crippen molar-refractivity contribution >= 4 is 0 Å². The van der Waals surface area contributed by atoms with E-state index in [0.29, 0.717) is 13.1 Å². The fourth-order valence-corrected chi connectivity index (χ4v) is 3.18. The Balaban J connectivity index is 1.88. The molecule has 2 N–H and O–H groups in total. The van der Waals surface area contributed by atoms with Crippen LogP contribution in [0.25, 0.3) is 0 Å². The van der Waals surface area contributed by atoms with E-state index in [1.54, 1.807) is 0 Å². The Kier molecular flexibility index (Phi) is 3.52. The lowest BCUT2D eigenvalue weighted by Gasteiger charge is -2.37. The standard InChI is InChI=1S/C14H18F2N2O/c15-11-2-1-3-12(16)14(11)13(6-17)18-7-9-4-5-10(8-18)19-9/h1-3,9-10,13H,4-8,17H2. The van der Waals surface area contributed by atoms with Crippen molar-refractivity contribution in [3.05, 3.63) is 35.4 Å². The smallest absolute Gasteiger partial charge is 0.130 e. The molecule has 1 aromatic rings. The quantitative estimate of drug-likeness (QED) is 0.909. The van der Waals surface area contributed by atoms with Gasteiger partial charge in [0.25, 0.3) is 0 Å². The van der Waals surface area contributed by atoms with Gasteiger partial charge in [0, 0.05) is 25.2 Å². The van der Waals surface area contributed by atoms with Crippen molar-refractivity contribution in [2.75, 3.05) is 19.6 Å². The van der Waals surface area contributed by atoms with E-state index in [1.807, 2.05) is 0 Å². The molecule has 2 aliphatic rings. The maximum absolute atomic E-state index is 13.9. The van der Waals surface area contributed by atoms with Gasteiger partial charge in [0.05, 0.1) is 18.2 Å². The molecule has 3 unspecified atom stereocenters. The van der Waals surface area contributed by atoms with E-state index in [4.69, 9.17) is 10.5 Å². The number of ether oxygens (including phenoxy) is 1. The average molecular weight is 268 g/mol. The maximum Gasteiger partial charge on any atom is 0.130 e. The maximum atomic E-state index is 13.9. The highest BCUT2D eigenvalue weighted by atomic mass is 19.1. The normalized spacial score (nSPS) is 28.6. The molecular weight excluding hydrogens is 250 g/mol. The Labute approximate surface area is 111 Å². The monoisotopic (exact) mass is 268 g/mol. The van der Waals surface area contributed by atoms with Crippen LogP contribution in [0.4, 0.5) is 8.78 Å². The third-order valence-electron chi connectivity index (χ3n) is 4.07. The zero-order chi connectivity index (χ0) is 13.4. The van der Waals surface area contributed by atoms with Gasteiger partial charge in [-0.25, -0.2) is 8.78 Å². The first-order valence-corrected chi connectivity index (χ1v) is 6.72. The minimum atomic E-state index is -0.519. The highest BCUT2D eigenvalue weighted by Gasteiger charge is 2.37. The summed E-state index contributed by atoms with van der Waals surface area (Å²) in [4.78, 5) is 2.06. The van der Waals surface area contributed by atoms with E-state index in [0.717, 1.165) is 12.8 Å². The molecule has 2 bridgehead atoms. The molecule has 0 aliphatic carbocycles. The van der Waals surface area contributed by atoms with Gasteiger partial charge in [-0.3, -0.25) is 4.90 Å². The van der Waals surface area contributed by atoms with Crippen LogP contribution >= 0.6 is 0 Å². The molecule has 0 spiro atoms. The fraction of sp³-hybridized carbons (Fsp3) is 0.571. The summed E-state index contributed by atoms with van der Waals surface area (Å²) in [5, 5.41) is 0. The Morgan fingerprint density at radius 1 is 1.21 bits per heavy atom. The number of likely N-dealkylation sites (tertiary alicyclic amines) is 1. The molecule has 0 saturated carbocycles. The number of halogens is 2. The van der Waals surface area contributed by atoms with Gasteiger partial charge in [0.15, 0.2) is 0 Å². The SMILES string of the molecule is NCC(c1c(F)cccc1F)N1CC2CCC(C1)O2. The molecule has 0 amide bonds. The van der Waals surface area contributed by atoms with Crippen LogP contribution in [0.5, 0.6) is 0 Å². The highest BCUT2D eigenvalue weighted by molar-refractivity contribution is 5.24. The predicted octanol–water partition coefficient (Wildman–Crippen LogP) is 1.83. The van der Waals surface area contributed by atoms with Gasteiger partial charge in [-0.2, -0.15) is 0 Å². The summed E-state index contributed by atoms with van der Waals surface area (Å²) in [5.74, 6) is -1.04. The van der Waals surface area contributed by atoms with E-state index < -0.39 is 17.7 Å². The summed E-state index contributed by atoms with van der Waals surface area (Å²) < 4.78 is 33.5. The molecule has 3 atom stereocenters. The molecule has 0 aromatic heterocycles. The highest BCUT2D eigenvalue weighted by Crippen LogP contribution is 2.33. The molecule has 104 valence electrons. The lowest BCUT2D eigenvalue weighted by Crippen LogP contribution is -2.46. The summed E-state index contributed by atoms with van der Waals surface area (Å²) in [6, 6.07) is 3.55. The van der Waals surface area contributed by atoms with Crippen LogP contribution in [-0.4, -0.2) is 36.7 Å². The van der Waals surface area contributed by atoms with Crippen LogP contribution in [0.3, 0.4) is 0 Å². The molecular formula is C14H18F2N2O. The van der Waals surface area contributed by atoms with Crippen molar-refractivity contribution in [3.8, 4) is 0 Å². The van der Waals surface area contributed by atoms with E-state index in [2.05, 4.69) is 4.90 Å². The number of hydrogen-bond donors (Lipinski definition) is 1. The molecule has 2 aliphatic heterocycles. The van der Waals surface area contributed by atoms with Crippen LogP contribution in [-0.2, 0) is 4.74 Å².